The Balaban J connectivity index is 1.88. The molecule has 0 bridgehead atoms. The van der Waals surface area contributed by atoms with Gasteiger partial charge in [-0.25, -0.2) is 4.79 Å². The van der Waals surface area contributed by atoms with Gasteiger partial charge >= 0.3 is 11.9 Å². The monoisotopic (exact) mass is 463 g/mol. The zero-order valence-electron chi connectivity index (χ0n) is 20.0. The predicted molar refractivity (Wildman–Crippen MR) is 125 cm³/mol. The molecule has 178 valence electrons. The van der Waals surface area contributed by atoms with Crippen molar-refractivity contribution in [3.8, 4) is 11.8 Å². The van der Waals surface area contributed by atoms with Gasteiger partial charge in [-0.3, -0.25) is 4.79 Å². The molecule has 0 aromatic heterocycles. The third-order valence-electron chi connectivity index (χ3n) is 6.07. The Hall–Kier alpha value is -3.63. The van der Waals surface area contributed by atoms with E-state index < -0.39 is 5.97 Å². The molecule has 7 heteroatoms. The lowest BCUT2D eigenvalue weighted by molar-refractivity contribution is -0.140. The van der Waals surface area contributed by atoms with E-state index in [1.807, 2.05) is 44.2 Å². The molecular weight excluding hydrogens is 434 g/mol. The lowest BCUT2D eigenvalue weighted by atomic mass is 9.87. The van der Waals surface area contributed by atoms with Gasteiger partial charge in [0.15, 0.2) is 0 Å². The van der Waals surface area contributed by atoms with Gasteiger partial charge in [0.2, 0.25) is 0 Å². The summed E-state index contributed by atoms with van der Waals surface area (Å²) in [4.78, 5) is 23.8. The molecule has 3 rings (SSSR count). The quantitative estimate of drug-likeness (QED) is 0.372. The van der Waals surface area contributed by atoms with Crippen LogP contribution in [-0.2, 0) is 45.2 Å². The minimum absolute atomic E-state index is 0.161. The largest absolute Gasteiger partial charge is 0.497 e. The minimum atomic E-state index is -0.465. The molecule has 1 aliphatic rings. The lowest BCUT2D eigenvalue weighted by Crippen LogP contribution is -2.10. The average Bonchev–Trinajstić information content (AvgIpc) is 3.24. The van der Waals surface area contributed by atoms with Crippen LogP contribution in [0.2, 0.25) is 0 Å². The van der Waals surface area contributed by atoms with E-state index >= 15 is 0 Å². The summed E-state index contributed by atoms with van der Waals surface area (Å²) >= 11 is 0. The van der Waals surface area contributed by atoms with Gasteiger partial charge in [0.1, 0.15) is 18.4 Å². The maximum absolute atomic E-state index is 12.4. The molecule has 0 fully saturated rings. The maximum atomic E-state index is 12.4. The van der Waals surface area contributed by atoms with Crippen LogP contribution in [0.1, 0.15) is 63.5 Å². The summed E-state index contributed by atoms with van der Waals surface area (Å²) in [6.07, 6.45) is 3.28. The molecule has 1 heterocycles. The fourth-order valence-corrected chi connectivity index (χ4v) is 3.98. The molecule has 0 radical (unpaired) electrons. The second-order valence-corrected chi connectivity index (χ2v) is 8.17. The van der Waals surface area contributed by atoms with Crippen LogP contribution in [0.4, 0.5) is 0 Å². The number of esters is 2. The number of methoxy groups -OCH3 is 2. The van der Waals surface area contributed by atoms with Gasteiger partial charge in [-0.1, -0.05) is 23.8 Å². The van der Waals surface area contributed by atoms with Crippen molar-refractivity contribution in [1.82, 2.24) is 0 Å². The number of carbonyl (C=O) groups excluding carboxylic acids is 2. The summed E-state index contributed by atoms with van der Waals surface area (Å²) in [5.74, 6) is 0.0420. The van der Waals surface area contributed by atoms with E-state index in [0.29, 0.717) is 37.2 Å². The Bertz CT molecular complexity index is 1140. The first-order chi connectivity index (χ1) is 16.4. The van der Waals surface area contributed by atoms with Crippen molar-refractivity contribution in [2.75, 3.05) is 14.2 Å². The topological polar surface area (TPSA) is 94.9 Å². The zero-order valence-corrected chi connectivity index (χ0v) is 20.0. The van der Waals surface area contributed by atoms with E-state index in [4.69, 9.17) is 18.9 Å². The number of hydrogen-bond donors (Lipinski definition) is 0. The van der Waals surface area contributed by atoms with E-state index in [2.05, 4.69) is 6.07 Å². The summed E-state index contributed by atoms with van der Waals surface area (Å²) in [5, 5.41) is 9.95. The van der Waals surface area contributed by atoms with Crippen molar-refractivity contribution in [2.45, 2.75) is 52.9 Å². The van der Waals surface area contributed by atoms with Crippen molar-refractivity contribution < 1.29 is 28.5 Å². The molecule has 0 N–H and O–H groups in total. The molecule has 7 nitrogen and oxygen atoms in total. The number of cyclic esters (lactones) is 1. The molecule has 1 aliphatic heterocycles. The molecule has 0 saturated heterocycles. The first kappa shape index (κ1) is 25.0. The highest BCUT2D eigenvalue weighted by Crippen LogP contribution is 2.34. The van der Waals surface area contributed by atoms with Crippen LogP contribution in [0.5, 0.6) is 5.75 Å². The van der Waals surface area contributed by atoms with Crippen LogP contribution in [0.15, 0.2) is 35.9 Å². The number of benzene rings is 2. The van der Waals surface area contributed by atoms with Crippen LogP contribution in [0, 0.1) is 18.3 Å². The minimum Gasteiger partial charge on any atom is -0.497 e. The Morgan fingerprint density at radius 1 is 1.15 bits per heavy atom. The molecule has 2 aromatic rings. The lowest BCUT2D eigenvalue weighted by Gasteiger charge is -2.17. The van der Waals surface area contributed by atoms with Gasteiger partial charge < -0.3 is 18.9 Å². The van der Waals surface area contributed by atoms with Gasteiger partial charge in [0.05, 0.1) is 38.6 Å². The van der Waals surface area contributed by atoms with Crippen molar-refractivity contribution in [1.29, 1.82) is 5.26 Å². The highest BCUT2D eigenvalue weighted by Gasteiger charge is 2.31. The third kappa shape index (κ3) is 5.64. The van der Waals surface area contributed by atoms with Crippen molar-refractivity contribution in [3.05, 3.63) is 74.9 Å². The van der Waals surface area contributed by atoms with Crippen LogP contribution >= 0.6 is 0 Å². The zero-order chi connectivity index (χ0) is 24.7. The predicted octanol–water partition coefficient (Wildman–Crippen LogP) is 4.70. The van der Waals surface area contributed by atoms with Gasteiger partial charge in [-0.15, -0.1) is 0 Å². The molecule has 0 unspecified atom stereocenters. The highest BCUT2D eigenvalue weighted by atomic mass is 16.5. The van der Waals surface area contributed by atoms with Gasteiger partial charge in [0.25, 0.3) is 0 Å². The fourth-order valence-electron chi connectivity index (χ4n) is 3.98. The number of rotatable bonds is 10. The molecule has 0 amide bonds. The molecule has 0 spiro atoms. The SMILES string of the molecule is COC(=O)CC/C(C)=C/Cc1c(C#N)c2c(c(C)c1COCc1ccc(OC)cc1)COC2=O. The van der Waals surface area contributed by atoms with E-state index in [1.165, 1.54) is 7.11 Å². The summed E-state index contributed by atoms with van der Waals surface area (Å²) in [5.41, 5.74) is 5.99. The summed E-state index contributed by atoms with van der Waals surface area (Å²) < 4.78 is 21.2. The molecule has 2 aromatic carbocycles. The van der Waals surface area contributed by atoms with Crippen molar-refractivity contribution in [2.24, 2.45) is 0 Å². The normalized spacial score (nSPS) is 12.7. The van der Waals surface area contributed by atoms with E-state index in [0.717, 1.165) is 39.1 Å². The fraction of sp³-hybridized carbons (Fsp3) is 0.370. The summed E-state index contributed by atoms with van der Waals surface area (Å²) in [7, 11) is 2.99. The number of nitriles is 1. The smallest absolute Gasteiger partial charge is 0.340 e. The highest BCUT2D eigenvalue weighted by molar-refractivity contribution is 5.97. The Labute approximate surface area is 199 Å². The summed E-state index contributed by atoms with van der Waals surface area (Å²) in [6, 6.07) is 9.86. The maximum Gasteiger partial charge on any atom is 0.340 e. The number of hydrogen-bond acceptors (Lipinski definition) is 7. The Kier molecular flexibility index (Phi) is 8.44. The van der Waals surface area contributed by atoms with E-state index in [9.17, 15) is 14.9 Å². The number of nitrogens with zero attached hydrogens (tertiary/aromatic N) is 1. The first-order valence-corrected chi connectivity index (χ1v) is 11.1. The second kappa shape index (κ2) is 11.5. The standard InChI is InChI=1S/C27H29NO6/c1-17(6-12-25(29)32-4)5-11-21-22(13-28)26-24(16-34-27(26)30)18(2)23(21)15-33-14-19-7-9-20(31-3)10-8-19/h5,7-10H,6,11-12,14-16H2,1-4H3/b17-5+. The molecule has 0 aliphatic carbocycles. The van der Waals surface area contributed by atoms with Crippen LogP contribution in [-0.4, -0.2) is 26.2 Å². The molecule has 0 saturated carbocycles. The van der Waals surface area contributed by atoms with Gasteiger partial charge in [-0.2, -0.15) is 5.26 Å². The second-order valence-electron chi connectivity index (χ2n) is 8.17. The third-order valence-corrected chi connectivity index (χ3v) is 6.07. The molecule has 34 heavy (non-hydrogen) atoms. The van der Waals surface area contributed by atoms with Crippen LogP contribution < -0.4 is 4.74 Å². The van der Waals surface area contributed by atoms with Crippen molar-refractivity contribution in [3.63, 3.8) is 0 Å². The first-order valence-electron chi connectivity index (χ1n) is 11.1. The van der Waals surface area contributed by atoms with Crippen LogP contribution in [0.25, 0.3) is 0 Å². The van der Waals surface area contributed by atoms with E-state index in [-0.39, 0.29) is 19.0 Å². The number of carbonyl (C=O) groups is 2. The molecule has 0 atom stereocenters. The van der Waals surface area contributed by atoms with E-state index in [1.54, 1.807) is 7.11 Å². The molecular formula is C27H29NO6. The Morgan fingerprint density at radius 3 is 2.53 bits per heavy atom. The van der Waals surface area contributed by atoms with Gasteiger partial charge in [-0.05, 0) is 61.1 Å². The number of ether oxygens (including phenoxy) is 4. The summed E-state index contributed by atoms with van der Waals surface area (Å²) in [6.45, 7) is 4.72. The van der Waals surface area contributed by atoms with Gasteiger partial charge in [0, 0.05) is 12.0 Å². The van der Waals surface area contributed by atoms with Crippen LogP contribution in [0.3, 0.4) is 0 Å². The van der Waals surface area contributed by atoms with Crippen molar-refractivity contribution >= 4 is 11.9 Å². The Morgan fingerprint density at radius 2 is 1.88 bits per heavy atom. The number of fused-ring (bicyclic) bond motifs is 1. The average molecular weight is 464 g/mol. The number of allylic oxidation sites excluding steroid dienone is 2.